The van der Waals surface area contributed by atoms with Gasteiger partial charge in [0.15, 0.2) is 22.9 Å². The molecule has 0 bridgehead atoms. The minimum Gasteiger partial charge on any atom is -0.454 e. The van der Waals surface area contributed by atoms with Crippen molar-refractivity contribution in [3.63, 3.8) is 0 Å². The predicted octanol–water partition coefficient (Wildman–Crippen LogP) is 1.79. The average molecular weight is 256 g/mol. The first kappa shape index (κ1) is 12.2. The molecule has 0 radical (unpaired) electrons. The first-order valence-corrected chi connectivity index (χ1v) is 5.00. The van der Waals surface area contributed by atoms with Crippen LogP contribution in [0.2, 0.25) is 0 Å². The maximum absolute atomic E-state index is 13.7. The van der Waals surface area contributed by atoms with Crippen LogP contribution in [0.25, 0.3) is 0 Å². The molecule has 6 nitrogen and oxygen atoms in total. The normalized spacial score (nSPS) is 10.8. The summed E-state index contributed by atoms with van der Waals surface area (Å²) in [5, 5.41) is 28.6. The first-order valence-electron chi connectivity index (χ1n) is 5.00. The summed E-state index contributed by atoms with van der Waals surface area (Å²) in [7, 11) is 0. The van der Waals surface area contributed by atoms with Gasteiger partial charge in [0.1, 0.15) is 23.9 Å². The molecule has 0 aliphatic carbocycles. The Kier molecular flexibility index (Phi) is 3.18. The Morgan fingerprint density at radius 1 is 1.11 bits per heavy atom. The third-order valence-corrected chi connectivity index (χ3v) is 2.31. The van der Waals surface area contributed by atoms with Gasteiger partial charge < -0.3 is 14.8 Å². The lowest BCUT2D eigenvalue weighted by molar-refractivity contribution is 0.174. The number of anilines is 1. The molecule has 0 saturated carbocycles. The van der Waals surface area contributed by atoms with Gasteiger partial charge in [0.2, 0.25) is 6.79 Å². The Hall–Kier alpha value is -3.24. The number of ether oxygens (including phenoxy) is 2. The molecule has 1 N–H and O–H groups in total. The van der Waals surface area contributed by atoms with Crippen LogP contribution >= 0.6 is 0 Å². The predicted molar refractivity (Wildman–Crippen MR) is 60.0 cm³/mol. The van der Waals surface area contributed by atoms with E-state index in [2.05, 4.69) is 5.32 Å². The SMILES string of the molecule is N#CC(C#N)=C(C#N)Nc1cc2c(cc1F)OCO2. The highest BCUT2D eigenvalue weighted by molar-refractivity contribution is 5.63. The van der Waals surface area contributed by atoms with E-state index in [0.717, 1.165) is 6.07 Å². The minimum absolute atomic E-state index is 0.0131. The number of fused-ring (bicyclic) bond motifs is 1. The van der Waals surface area contributed by atoms with Crippen LogP contribution in [0.1, 0.15) is 0 Å². The van der Waals surface area contributed by atoms with Gasteiger partial charge in [-0.25, -0.2) is 4.39 Å². The van der Waals surface area contributed by atoms with E-state index in [1.54, 1.807) is 18.2 Å². The maximum Gasteiger partial charge on any atom is 0.231 e. The van der Waals surface area contributed by atoms with Crippen LogP contribution in [0.5, 0.6) is 11.5 Å². The van der Waals surface area contributed by atoms with Crippen molar-refractivity contribution in [1.29, 1.82) is 15.8 Å². The minimum atomic E-state index is -0.688. The summed E-state index contributed by atoms with van der Waals surface area (Å²) in [6, 6.07) is 7.12. The second-order valence-corrected chi connectivity index (χ2v) is 3.40. The molecule has 0 unspecified atom stereocenters. The van der Waals surface area contributed by atoms with E-state index >= 15 is 0 Å². The fourth-order valence-corrected chi connectivity index (χ4v) is 1.43. The van der Waals surface area contributed by atoms with Crippen molar-refractivity contribution in [2.45, 2.75) is 0 Å². The maximum atomic E-state index is 13.7. The highest BCUT2D eigenvalue weighted by atomic mass is 19.1. The van der Waals surface area contributed by atoms with Crippen molar-refractivity contribution in [2.75, 3.05) is 12.1 Å². The van der Waals surface area contributed by atoms with E-state index in [1.165, 1.54) is 6.07 Å². The summed E-state index contributed by atoms with van der Waals surface area (Å²) in [5.41, 5.74) is -0.842. The van der Waals surface area contributed by atoms with Crippen LogP contribution in [0.15, 0.2) is 23.4 Å². The van der Waals surface area contributed by atoms with Crippen LogP contribution < -0.4 is 14.8 Å². The molecule has 0 aromatic heterocycles. The number of nitriles is 3. The van der Waals surface area contributed by atoms with Crippen molar-refractivity contribution in [3.05, 3.63) is 29.2 Å². The largest absolute Gasteiger partial charge is 0.454 e. The topological polar surface area (TPSA) is 102 Å². The second-order valence-electron chi connectivity index (χ2n) is 3.40. The molecule has 7 heteroatoms. The molecule has 2 rings (SSSR count). The van der Waals surface area contributed by atoms with E-state index in [-0.39, 0.29) is 23.9 Å². The molecule has 0 fully saturated rings. The van der Waals surface area contributed by atoms with Gasteiger partial charge in [0.05, 0.1) is 5.69 Å². The standard InChI is InChI=1S/C12H5FN4O2/c13-8-1-11-12(19-6-18-11)2-9(8)17-10(5-16)7(3-14)4-15/h1-2,17H,6H2. The Balaban J connectivity index is 2.41. The van der Waals surface area contributed by atoms with Crippen LogP contribution in [0.3, 0.4) is 0 Å². The lowest BCUT2D eigenvalue weighted by atomic mass is 10.2. The number of halogens is 1. The van der Waals surface area contributed by atoms with Gasteiger partial charge in [-0.2, -0.15) is 15.8 Å². The lowest BCUT2D eigenvalue weighted by Gasteiger charge is -2.07. The van der Waals surface area contributed by atoms with Crippen molar-refractivity contribution in [2.24, 2.45) is 0 Å². The molecule has 1 heterocycles. The molecule has 0 spiro atoms. The van der Waals surface area contributed by atoms with Crippen LogP contribution in [0.4, 0.5) is 10.1 Å². The third-order valence-electron chi connectivity index (χ3n) is 2.31. The number of nitrogens with one attached hydrogen (secondary N) is 1. The van der Waals surface area contributed by atoms with E-state index in [0.29, 0.717) is 5.75 Å². The van der Waals surface area contributed by atoms with Crippen LogP contribution in [-0.2, 0) is 0 Å². The second kappa shape index (κ2) is 4.95. The highest BCUT2D eigenvalue weighted by Gasteiger charge is 2.18. The van der Waals surface area contributed by atoms with Gasteiger partial charge in [-0.05, 0) is 0 Å². The molecule has 1 aromatic rings. The Bertz CT molecular complexity index is 675. The van der Waals surface area contributed by atoms with Gasteiger partial charge >= 0.3 is 0 Å². The molecule has 1 aromatic carbocycles. The average Bonchev–Trinajstić information content (AvgIpc) is 2.85. The number of benzene rings is 1. The number of allylic oxidation sites excluding steroid dienone is 2. The van der Waals surface area contributed by atoms with Crippen LogP contribution in [0, 0.1) is 39.8 Å². The highest BCUT2D eigenvalue weighted by Crippen LogP contribution is 2.36. The first-order chi connectivity index (χ1) is 9.19. The number of hydrogen-bond donors (Lipinski definition) is 1. The molecular weight excluding hydrogens is 251 g/mol. The molecule has 1 aliphatic rings. The van der Waals surface area contributed by atoms with E-state index < -0.39 is 11.4 Å². The molecule has 92 valence electrons. The molecule has 0 saturated heterocycles. The summed E-state index contributed by atoms with van der Waals surface area (Å²) in [4.78, 5) is 0. The van der Waals surface area contributed by atoms with Crippen molar-refractivity contribution < 1.29 is 13.9 Å². The van der Waals surface area contributed by atoms with Crippen molar-refractivity contribution >= 4 is 5.69 Å². The Morgan fingerprint density at radius 2 is 1.74 bits per heavy atom. The van der Waals surface area contributed by atoms with E-state index in [1.807, 2.05) is 0 Å². The summed E-state index contributed by atoms with van der Waals surface area (Å²) in [5.74, 6) is -0.116. The monoisotopic (exact) mass is 256 g/mol. The van der Waals surface area contributed by atoms with Gasteiger partial charge in [-0.3, -0.25) is 0 Å². The van der Waals surface area contributed by atoms with Gasteiger partial charge in [0.25, 0.3) is 0 Å². The fourth-order valence-electron chi connectivity index (χ4n) is 1.43. The molecule has 1 aliphatic heterocycles. The van der Waals surface area contributed by atoms with Crippen molar-refractivity contribution in [1.82, 2.24) is 0 Å². The van der Waals surface area contributed by atoms with E-state index in [4.69, 9.17) is 25.3 Å². The van der Waals surface area contributed by atoms with Gasteiger partial charge in [-0.1, -0.05) is 0 Å². The fraction of sp³-hybridized carbons (Fsp3) is 0.0833. The summed E-state index contributed by atoms with van der Waals surface area (Å²) < 4.78 is 23.8. The number of rotatable bonds is 2. The van der Waals surface area contributed by atoms with Crippen molar-refractivity contribution in [3.8, 4) is 29.7 Å². The Labute approximate surface area is 107 Å². The smallest absolute Gasteiger partial charge is 0.231 e. The van der Waals surface area contributed by atoms with Crippen LogP contribution in [-0.4, -0.2) is 6.79 Å². The zero-order chi connectivity index (χ0) is 13.8. The molecule has 0 amide bonds. The zero-order valence-corrected chi connectivity index (χ0v) is 9.40. The van der Waals surface area contributed by atoms with Gasteiger partial charge in [-0.15, -0.1) is 0 Å². The number of nitrogens with zero attached hydrogens (tertiary/aromatic N) is 3. The van der Waals surface area contributed by atoms with E-state index in [9.17, 15) is 4.39 Å². The Morgan fingerprint density at radius 3 is 2.32 bits per heavy atom. The molecular formula is C12H5FN4O2. The number of hydrogen-bond acceptors (Lipinski definition) is 6. The summed E-state index contributed by atoms with van der Waals surface area (Å²) >= 11 is 0. The van der Waals surface area contributed by atoms with Gasteiger partial charge in [0, 0.05) is 12.1 Å². The third kappa shape index (κ3) is 2.24. The zero-order valence-electron chi connectivity index (χ0n) is 9.40. The molecule has 0 atom stereocenters. The lowest BCUT2D eigenvalue weighted by Crippen LogP contribution is -2.02. The summed E-state index contributed by atoms with van der Waals surface area (Å²) in [6.45, 7) is -0.0131. The summed E-state index contributed by atoms with van der Waals surface area (Å²) in [6.07, 6.45) is 0. The molecule has 19 heavy (non-hydrogen) atoms. The quantitative estimate of drug-likeness (QED) is 0.809.